The van der Waals surface area contributed by atoms with Crippen molar-refractivity contribution in [2.75, 3.05) is 6.61 Å². The number of nitrogens with one attached hydrogen (secondary N) is 1. The van der Waals surface area contributed by atoms with Crippen molar-refractivity contribution in [3.05, 3.63) is 59.4 Å². The summed E-state index contributed by atoms with van der Waals surface area (Å²) in [6.07, 6.45) is 4.68. The van der Waals surface area contributed by atoms with Gasteiger partial charge in [0.05, 0.1) is 6.61 Å². The number of nitrogens with zero attached hydrogens (tertiary/aromatic N) is 1. The zero-order valence-corrected chi connectivity index (χ0v) is 10.2. The SMILES string of the molecule is c1cc(CNCc2ccc3c(c2)CCO3)ccn1. The molecule has 92 valence electrons. The Labute approximate surface area is 107 Å². The van der Waals surface area contributed by atoms with E-state index in [1.165, 1.54) is 16.7 Å². The minimum absolute atomic E-state index is 0.823. The topological polar surface area (TPSA) is 34.1 Å². The molecule has 0 radical (unpaired) electrons. The molecule has 0 aliphatic carbocycles. The fourth-order valence-corrected chi connectivity index (χ4v) is 2.20. The van der Waals surface area contributed by atoms with Crippen LogP contribution in [-0.4, -0.2) is 11.6 Å². The normalized spacial score (nSPS) is 13.1. The predicted molar refractivity (Wildman–Crippen MR) is 70.4 cm³/mol. The highest BCUT2D eigenvalue weighted by Gasteiger charge is 2.11. The van der Waals surface area contributed by atoms with Gasteiger partial charge in [-0.3, -0.25) is 4.98 Å². The number of ether oxygens (including phenoxy) is 1. The van der Waals surface area contributed by atoms with E-state index < -0.39 is 0 Å². The number of hydrogen-bond acceptors (Lipinski definition) is 3. The number of fused-ring (bicyclic) bond motifs is 1. The van der Waals surface area contributed by atoms with E-state index in [4.69, 9.17) is 4.74 Å². The first-order chi connectivity index (χ1) is 8.92. The lowest BCUT2D eigenvalue weighted by molar-refractivity contribution is 0.357. The molecular formula is C15H16N2O. The molecule has 2 aromatic rings. The number of pyridine rings is 1. The quantitative estimate of drug-likeness (QED) is 0.890. The highest BCUT2D eigenvalue weighted by atomic mass is 16.5. The lowest BCUT2D eigenvalue weighted by Gasteiger charge is -2.06. The van der Waals surface area contributed by atoms with Gasteiger partial charge in [0.2, 0.25) is 0 Å². The summed E-state index contributed by atoms with van der Waals surface area (Å²) in [5.41, 5.74) is 3.90. The first-order valence-electron chi connectivity index (χ1n) is 6.26. The van der Waals surface area contributed by atoms with E-state index >= 15 is 0 Å². The summed E-state index contributed by atoms with van der Waals surface area (Å²) in [5.74, 6) is 1.05. The van der Waals surface area contributed by atoms with E-state index in [1.54, 1.807) is 0 Å². The predicted octanol–water partition coefficient (Wildman–Crippen LogP) is 2.31. The second kappa shape index (κ2) is 5.19. The highest BCUT2D eigenvalue weighted by Crippen LogP contribution is 2.25. The van der Waals surface area contributed by atoms with E-state index in [9.17, 15) is 0 Å². The molecule has 1 aliphatic heterocycles. The maximum atomic E-state index is 5.50. The van der Waals surface area contributed by atoms with E-state index in [0.29, 0.717) is 0 Å². The number of rotatable bonds is 4. The van der Waals surface area contributed by atoms with Crippen molar-refractivity contribution in [3.8, 4) is 5.75 Å². The van der Waals surface area contributed by atoms with Crippen LogP contribution in [-0.2, 0) is 19.5 Å². The Morgan fingerprint density at radius 1 is 1.06 bits per heavy atom. The van der Waals surface area contributed by atoms with Crippen LogP contribution < -0.4 is 10.1 Å². The Bertz CT molecular complexity index is 525. The van der Waals surface area contributed by atoms with Crippen LogP contribution in [0, 0.1) is 0 Å². The van der Waals surface area contributed by atoms with Crippen molar-refractivity contribution in [1.29, 1.82) is 0 Å². The molecule has 0 amide bonds. The number of aromatic nitrogens is 1. The maximum Gasteiger partial charge on any atom is 0.122 e. The van der Waals surface area contributed by atoms with Gasteiger partial charge in [0.1, 0.15) is 5.75 Å². The van der Waals surface area contributed by atoms with Crippen molar-refractivity contribution in [2.45, 2.75) is 19.5 Å². The molecule has 3 nitrogen and oxygen atoms in total. The van der Waals surface area contributed by atoms with Gasteiger partial charge in [-0.05, 0) is 34.9 Å². The summed E-state index contributed by atoms with van der Waals surface area (Å²) < 4.78 is 5.50. The van der Waals surface area contributed by atoms with Gasteiger partial charge in [0.25, 0.3) is 0 Å². The molecule has 1 aliphatic rings. The van der Waals surface area contributed by atoms with Crippen LogP contribution in [0.15, 0.2) is 42.7 Å². The molecule has 0 saturated carbocycles. The fourth-order valence-electron chi connectivity index (χ4n) is 2.20. The first-order valence-corrected chi connectivity index (χ1v) is 6.26. The van der Waals surface area contributed by atoms with Crippen LogP contribution in [0.4, 0.5) is 0 Å². The standard InChI is InChI=1S/C15H16N2O/c1-2-15-14(5-8-18-15)9-13(1)11-17-10-12-3-6-16-7-4-12/h1-4,6-7,9,17H,5,8,10-11H2. The zero-order valence-electron chi connectivity index (χ0n) is 10.2. The molecular weight excluding hydrogens is 224 g/mol. The van der Waals surface area contributed by atoms with Gasteiger partial charge in [-0.2, -0.15) is 0 Å². The van der Waals surface area contributed by atoms with Crippen LogP contribution in [0.2, 0.25) is 0 Å². The molecule has 0 saturated heterocycles. The summed E-state index contributed by atoms with van der Waals surface area (Å²) in [6.45, 7) is 2.58. The lowest BCUT2D eigenvalue weighted by atomic mass is 10.1. The summed E-state index contributed by atoms with van der Waals surface area (Å²) in [6, 6.07) is 10.5. The molecule has 0 spiro atoms. The second-order valence-corrected chi connectivity index (χ2v) is 4.50. The monoisotopic (exact) mass is 240 g/mol. The number of hydrogen-bond donors (Lipinski definition) is 1. The van der Waals surface area contributed by atoms with Gasteiger partial charge in [-0.15, -0.1) is 0 Å². The summed E-state index contributed by atoms with van der Waals surface area (Å²) in [7, 11) is 0. The molecule has 1 aromatic heterocycles. The Balaban J connectivity index is 1.57. The minimum Gasteiger partial charge on any atom is -0.493 e. The van der Waals surface area contributed by atoms with Gasteiger partial charge in [-0.1, -0.05) is 12.1 Å². The molecule has 0 bridgehead atoms. The summed E-state index contributed by atoms with van der Waals surface area (Å²) in [5, 5.41) is 3.44. The van der Waals surface area contributed by atoms with Gasteiger partial charge >= 0.3 is 0 Å². The Morgan fingerprint density at radius 3 is 2.78 bits per heavy atom. The smallest absolute Gasteiger partial charge is 0.122 e. The second-order valence-electron chi connectivity index (χ2n) is 4.50. The van der Waals surface area contributed by atoms with Crippen LogP contribution >= 0.6 is 0 Å². The van der Waals surface area contributed by atoms with Crippen molar-refractivity contribution in [2.24, 2.45) is 0 Å². The van der Waals surface area contributed by atoms with Crippen molar-refractivity contribution in [3.63, 3.8) is 0 Å². The molecule has 1 N–H and O–H groups in total. The van der Waals surface area contributed by atoms with Crippen molar-refractivity contribution >= 4 is 0 Å². The van der Waals surface area contributed by atoms with Gasteiger partial charge in [-0.25, -0.2) is 0 Å². The van der Waals surface area contributed by atoms with Crippen LogP contribution in [0.1, 0.15) is 16.7 Å². The van der Waals surface area contributed by atoms with Crippen molar-refractivity contribution < 1.29 is 4.74 Å². The van der Waals surface area contributed by atoms with Gasteiger partial charge in [0.15, 0.2) is 0 Å². The third-order valence-corrected chi connectivity index (χ3v) is 3.16. The summed E-state index contributed by atoms with van der Waals surface area (Å²) in [4.78, 5) is 4.01. The zero-order chi connectivity index (χ0) is 12.2. The largest absolute Gasteiger partial charge is 0.493 e. The molecule has 3 heteroatoms. The van der Waals surface area contributed by atoms with E-state index in [1.807, 2.05) is 24.5 Å². The molecule has 1 aromatic carbocycles. The molecule has 3 rings (SSSR count). The van der Waals surface area contributed by atoms with Gasteiger partial charge in [0, 0.05) is 31.9 Å². The van der Waals surface area contributed by atoms with Crippen LogP contribution in [0.5, 0.6) is 5.75 Å². The third-order valence-electron chi connectivity index (χ3n) is 3.16. The van der Waals surface area contributed by atoms with Gasteiger partial charge < -0.3 is 10.1 Å². The van der Waals surface area contributed by atoms with E-state index in [2.05, 4.69) is 28.5 Å². The summed E-state index contributed by atoms with van der Waals surface area (Å²) >= 11 is 0. The molecule has 18 heavy (non-hydrogen) atoms. The highest BCUT2D eigenvalue weighted by molar-refractivity contribution is 5.39. The molecule has 0 atom stereocenters. The van der Waals surface area contributed by atoms with Crippen LogP contribution in [0.25, 0.3) is 0 Å². The Hall–Kier alpha value is -1.87. The Morgan fingerprint density at radius 2 is 1.89 bits per heavy atom. The first kappa shape index (κ1) is 11.2. The average Bonchev–Trinajstić information content (AvgIpc) is 2.87. The lowest BCUT2D eigenvalue weighted by Crippen LogP contribution is -2.12. The van der Waals surface area contributed by atoms with E-state index in [-0.39, 0.29) is 0 Å². The minimum atomic E-state index is 0.823. The Kier molecular flexibility index (Phi) is 3.24. The van der Waals surface area contributed by atoms with E-state index in [0.717, 1.165) is 31.9 Å². The molecule has 2 heterocycles. The fraction of sp³-hybridized carbons (Fsp3) is 0.267. The average molecular weight is 240 g/mol. The van der Waals surface area contributed by atoms with Crippen molar-refractivity contribution in [1.82, 2.24) is 10.3 Å². The number of benzene rings is 1. The van der Waals surface area contributed by atoms with Crippen LogP contribution in [0.3, 0.4) is 0 Å². The maximum absolute atomic E-state index is 5.50. The molecule has 0 fully saturated rings. The third kappa shape index (κ3) is 2.51. The molecule has 0 unspecified atom stereocenters.